The standard InChI is InChI=1S/C48H28S2/c1-2-13-35-33(11-1)34-12-3-4-14-36(34)43-27-30(32-18-10-20-42-40-16-6-8-22-46(40)50-48(32)42)24-26-38(43)44-28-29(23-25-37(35)44)31-17-9-19-41-39-15-5-7-21-45(39)49-47(31)41/h1-28H. The highest BCUT2D eigenvalue weighted by molar-refractivity contribution is 7.26. The number of rotatable bonds is 2. The zero-order valence-electron chi connectivity index (χ0n) is 27.0. The molecule has 0 N–H and O–H groups in total. The minimum Gasteiger partial charge on any atom is -0.135 e. The predicted molar refractivity (Wildman–Crippen MR) is 218 cm³/mol. The quantitative estimate of drug-likeness (QED) is 0.172. The van der Waals surface area contributed by atoms with Gasteiger partial charge in [0.2, 0.25) is 0 Å². The molecule has 0 fully saturated rings. The molecule has 232 valence electrons. The molecule has 2 heteroatoms. The lowest BCUT2D eigenvalue weighted by Gasteiger charge is -2.24. The van der Waals surface area contributed by atoms with Gasteiger partial charge in [0.25, 0.3) is 0 Å². The zero-order chi connectivity index (χ0) is 32.8. The molecule has 2 heterocycles. The zero-order valence-corrected chi connectivity index (χ0v) is 28.6. The van der Waals surface area contributed by atoms with Crippen molar-refractivity contribution in [2.24, 2.45) is 0 Å². The van der Waals surface area contributed by atoms with Gasteiger partial charge in [-0.05, 0) is 91.0 Å². The monoisotopic (exact) mass is 668 g/mol. The molecule has 0 saturated heterocycles. The Kier molecular flexibility index (Phi) is 6.09. The summed E-state index contributed by atoms with van der Waals surface area (Å²) in [4.78, 5) is 0. The molecular formula is C48H28S2. The van der Waals surface area contributed by atoms with Crippen LogP contribution in [0.5, 0.6) is 0 Å². The van der Waals surface area contributed by atoms with Crippen LogP contribution >= 0.6 is 22.7 Å². The number of fused-ring (bicyclic) bond motifs is 14. The molecule has 8 aromatic carbocycles. The third-order valence-corrected chi connectivity index (χ3v) is 12.9. The van der Waals surface area contributed by atoms with E-state index in [2.05, 4.69) is 170 Å². The van der Waals surface area contributed by atoms with Crippen LogP contribution in [0.15, 0.2) is 170 Å². The van der Waals surface area contributed by atoms with E-state index in [0.717, 1.165) is 0 Å². The van der Waals surface area contributed by atoms with E-state index >= 15 is 0 Å². The van der Waals surface area contributed by atoms with Gasteiger partial charge in [-0.25, -0.2) is 0 Å². The van der Waals surface area contributed by atoms with Gasteiger partial charge in [-0.2, -0.15) is 0 Å². The molecule has 0 aliphatic heterocycles. The first-order valence-electron chi connectivity index (χ1n) is 17.1. The Hall–Kier alpha value is -5.80. The number of hydrogen-bond acceptors (Lipinski definition) is 2. The first-order valence-corrected chi connectivity index (χ1v) is 18.7. The fourth-order valence-electron chi connectivity index (χ4n) is 8.19. The third-order valence-electron chi connectivity index (χ3n) is 10.5. The van der Waals surface area contributed by atoms with Crippen LogP contribution in [0.1, 0.15) is 0 Å². The van der Waals surface area contributed by atoms with Gasteiger partial charge in [-0.3, -0.25) is 0 Å². The molecule has 1 aliphatic rings. The fourth-order valence-corrected chi connectivity index (χ4v) is 10.7. The predicted octanol–water partition coefficient (Wildman–Crippen LogP) is 14.7. The van der Waals surface area contributed by atoms with Gasteiger partial charge in [0.15, 0.2) is 0 Å². The Labute approximate surface area is 298 Å². The van der Waals surface area contributed by atoms with Crippen molar-refractivity contribution >= 4 is 63.0 Å². The maximum absolute atomic E-state index is 2.45. The summed E-state index contributed by atoms with van der Waals surface area (Å²) < 4.78 is 5.35. The van der Waals surface area contributed by atoms with E-state index in [9.17, 15) is 0 Å². The highest BCUT2D eigenvalue weighted by Gasteiger charge is 2.24. The number of hydrogen-bond donors (Lipinski definition) is 0. The van der Waals surface area contributed by atoms with E-state index < -0.39 is 0 Å². The van der Waals surface area contributed by atoms with Crippen LogP contribution < -0.4 is 0 Å². The van der Waals surface area contributed by atoms with Gasteiger partial charge in [0, 0.05) is 40.3 Å². The molecule has 1 aliphatic carbocycles. The van der Waals surface area contributed by atoms with E-state index in [1.165, 1.54) is 107 Å². The van der Waals surface area contributed by atoms with Crippen LogP contribution in [0.25, 0.3) is 107 Å². The molecule has 0 spiro atoms. The smallest absolute Gasteiger partial charge is 0.0433 e. The lowest BCUT2D eigenvalue weighted by atomic mass is 9.79. The summed E-state index contributed by atoms with van der Waals surface area (Å²) in [6.07, 6.45) is 0. The summed E-state index contributed by atoms with van der Waals surface area (Å²) in [7, 11) is 0. The van der Waals surface area contributed by atoms with Crippen LogP contribution in [0.4, 0.5) is 0 Å². The molecule has 0 nitrogen and oxygen atoms in total. The Morgan fingerprint density at radius 3 is 1.06 bits per heavy atom. The van der Waals surface area contributed by atoms with Gasteiger partial charge in [0.1, 0.15) is 0 Å². The van der Waals surface area contributed by atoms with Crippen molar-refractivity contribution in [3.63, 3.8) is 0 Å². The molecule has 2 aromatic heterocycles. The number of benzene rings is 8. The van der Waals surface area contributed by atoms with E-state index in [-0.39, 0.29) is 0 Å². The topological polar surface area (TPSA) is 0 Å². The van der Waals surface area contributed by atoms with Crippen molar-refractivity contribution in [2.75, 3.05) is 0 Å². The second kappa shape index (κ2) is 10.9. The normalized spacial score (nSPS) is 12.0. The summed E-state index contributed by atoms with van der Waals surface area (Å²) >= 11 is 3.79. The molecule has 0 saturated carbocycles. The summed E-state index contributed by atoms with van der Waals surface area (Å²) in [6.45, 7) is 0. The van der Waals surface area contributed by atoms with Crippen molar-refractivity contribution in [3.05, 3.63) is 170 Å². The van der Waals surface area contributed by atoms with Gasteiger partial charge < -0.3 is 0 Å². The van der Waals surface area contributed by atoms with E-state index in [4.69, 9.17) is 0 Å². The van der Waals surface area contributed by atoms with E-state index in [1.54, 1.807) is 0 Å². The molecule has 0 bridgehead atoms. The van der Waals surface area contributed by atoms with Crippen LogP contribution in [-0.4, -0.2) is 0 Å². The third kappa shape index (κ3) is 4.10. The van der Waals surface area contributed by atoms with E-state index in [1.807, 2.05) is 22.7 Å². The molecule has 0 atom stereocenters. The first-order chi connectivity index (χ1) is 24.8. The van der Waals surface area contributed by atoms with Crippen molar-refractivity contribution < 1.29 is 0 Å². The Morgan fingerprint density at radius 2 is 0.580 bits per heavy atom. The minimum absolute atomic E-state index is 1.25. The van der Waals surface area contributed by atoms with Crippen LogP contribution in [-0.2, 0) is 0 Å². The van der Waals surface area contributed by atoms with Crippen LogP contribution in [0.2, 0.25) is 0 Å². The van der Waals surface area contributed by atoms with Crippen LogP contribution in [0, 0.1) is 0 Å². The second-order valence-corrected chi connectivity index (χ2v) is 15.3. The van der Waals surface area contributed by atoms with Gasteiger partial charge in [-0.15, -0.1) is 22.7 Å². The largest absolute Gasteiger partial charge is 0.135 e. The molecule has 10 aromatic rings. The van der Waals surface area contributed by atoms with Gasteiger partial charge >= 0.3 is 0 Å². The summed E-state index contributed by atoms with van der Waals surface area (Å²) in [6, 6.07) is 63.3. The molecule has 0 radical (unpaired) electrons. The maximum Gasteiger partial charge on any atom is 0.0433 e. The highest BCUT2D eigenvalue weighted by Crippen LogP contribution is 2.51. The highest BCUT2D eigenvalue weighted by atomic mass is 32.1. The maximum atomic E-state index is 2.45. The second-order valence-electron chi connectivity index (χ2n) is 13.2. The van der Waals surface area contributed by atoms with Crippen molar-refractivity contribution in [1.29, 1.82) is 0 Å². The molecule has 0 amide bonds. The van der Waals surface area contributed by atoms with Gasteiger partial charge in [-0.1, -0.05) is 146 Å². The minimum atomic E-state index is 1.25. The average Bonchev–Trinajstić information content (AvgIpc) is 3.76. The summed E-state index contributed by atoms with van der Waals surface area (Å²) in [5, 5.41) is 5.32. The Balaban J connectivity index is 1.19. The lowest BCUT2D eigenvalue weighted by Crippen LogP contribution is -1.98. The molecule has 0 unspecified atom stereocenters. The first kappa shape index (κ1) is 28.1. The van der Waals surface area contributed by atoms with Crippen molar-refractivity contribution in [1.82, 2.24) is 0 Å². The van der Waals surface area contributed by atoms with Crippen molar-refractivity contribution in [3.8, 4) is 66.8 Å². The average molecular weight is 669 g/mol. The summed E-state index contributed by atoms with van der Waals surface area (Å²) in [5.74, 6) is 0. The summed E-state index contributed by atoms with van der Waals surface area (Å²) in [5.41, 5.74) is 15.2. The van der Waals surface area contributed by atoms with Gasteiger partial charge in [0.05, 0.1) is 0 Å². The lowest BCUT2D eigenvalue weighted by molar-refractivity contribution is 1.52. The number of thiophene rings is 2. The van der Waals surface area contributed by atoms with Crippen molar-refractivity contribution in [2.45, 2.75) is 0 Å². The fraction of sp³-hybridized carbons (Fsp3) is 0. The van der Waals surface area contributed by atoms with E-state index in [0.29, 0.717) is 0 Å². The molecular weight excluding hydrogens is 641 g/mol. The molecule has 50 heavy (non-hydrogen) atoms. The molecule has 11 rings (SSSR count). The Bertz CT molecular complexity index is 2850. The Morgan fingerprint density at radius 1 is 0.240 bits per heavy atom. The van der Waals surface area contributed by atoms with Crippen LogP contribution in [0.3, 0.4) is 0 Å². The SMILES string of the molecule is c1ccc2c(c1)-c1ccccc1-c1cc(-c3cccc4c3sc3ccccc34)ccc1-c1cc(-c3cccc4c3sc3ccccc34)ccc1-2.